The van der Waals surface area contributed by atoms with Gasteiger partial charge in [0.15, 0.2) is 11.5 Å². The standard InChI is InChI=1S/C16H15BrO2/c17-14(10-12-4-2-1-3-5-12)13-6-7-15-16(11-13)19-9-8-18-15/h1-7,11,14H,8-10H2. The lowest BCUT2D eigenvalue weighted by atomic mass is 10.0. The number of benzene rings is 2. The Bertz CT molecular complexity index is 554. The van der Waals surface area contributed by atoms with E-state index in [0.717, 1.165) is 17.9 Å². The molecule has 1 aliphatic heterocycles. The maximum absolute atomic E-state index is 5.62. The first kappa shape index (κ1) is 12.5. The van der Waals surface area contributed by atoms with Crippen LogP contribution in [0.25, 0.3) is 0 Å². The van der Waals surface area contributed by atoms with Crippen molar-refractivity contribution in [3.8, 4) is 11.5 Å². The van der Waals surface area contributed by atoms with Crippen molar-refractivity contribution in [3.05, 3.63) is 59.7 Å². The molecule has 0 bridgehead atoms. The van der Waals surface area contributed by atoms with Gasteiger partial charge in [-0.1, -0.05) is 52.3 Å². The molecule has 0 radical (unpaired) electrons. The smallest absolute Gasteiger partial charge is 0.161 e. The zero-order chi connectivity index (χ0) is 13.1. The Labute approximate surface area is 121 Å². The molecule has 0 fully saturated rings. The molecule has 1 aliphatic rings. The zero-order valence-electron chi connectivity index (χ0n) is 10.5. The van der Waals surface area contributed by atoms with E-state index in [1.165, 1.54) is 11.1 Å². The number of alkyl halides is 1. The van der Waals surface area contributed by atoms with E-state index < -0.39 is 0 Å². The van der Waals surface area contributed by atoms with Crippen molar-refractivity contribution in [1.29, 1.82) is 0 Å². The predicted octanol–water partition coefficient (Wildman–Crippen LogP) is 4.14. The van der Waals surface area contributed by atoms with Crippen molar-refractivity contribution in [2.75, 3.05) is 13.2 Å². The highest BCUT2D eigenvalue weighted by atomic mass is 79.9. The minimum atomic E-state index is 0.283. The second-order valence-electron chi connectivity index (χ2n) is 4.56. The molecule has 0 saturated heterocycles. The molecule has 0 spiro atoms. The van der Waals surface area contributed by atoms with E-state index in [0.29, 0.717) is 13.2 Å². The molecule has 98 valence electrons. The molecule has 0 aliphatic carbocycles. The maximum atomic E-state index is 5.62. The Morgan fingerprint density at radius 3 is 2.47 bits per heavy atom. The molecule has 1 atom stereocenters. The van der Waals surface area contributed by atoms with E-state index in [-0.39, 0.29) is 4.83 Å². The van der Waals surface area contributed by atoms with Gasteiger partial charge in [-0.3, -0.25) is 0 Å². The summed E-state index contributed by atoms with van der Waals surface area (Å²) in [6.07, 6.45) is 0.959. The molecule has 3 heteroatoms. The van der Waals surface area contributed by atoms with Gasteiger partial charge in [-0.25, -0.2) is 0 Å². The fraction of sp³-hybridized carbons (Fsp3) is 0.250. The Morgan fingerprint density at radius 1 is 0.947 bits per heavy atom. The van der Waals surface area contributed by atoms with E-state index >= 15 is 0 Å². The van der Waals surface area contributed by atoms with Gasteiger partial charge in [0.2, 0.25) is 0 Å². The monoisotopic (exact) mass is 318 g/mol. The second-order valence-corrected chi connectivity index (χ2v) is 5.67. The molecule has 0 saturated carbocycles. The lowest BCUT2D eigenvalue weighted by Gasteiger charge is -2.20. The Morgan fingerprint density at radius 2 is 1.68 bits per heavy atom. The van der Waals surface area contributed by atoms with Crippen molar-refractivity contribution in [1.82, 2.24) is 0 Å². The van der Waals surface area contributed by atoms with E-state index in [1.807, 2.05) is 12.1 Å². The van der Waals surface area contributed by atoms with Crippen LogP contribution in [0, 0.1) is 0 Å². The summed E-state index contributed by atoms with van der Waals surface area (Å²) in [5, 5.41) is 0. The summed E-state index contributed by atoms with van der Waals surface area (Å²) in [5.74, 6) is 1.69. The highest BCUT2D eigenvalue weighted by molar-refractivity contribution is 9.09. The molecule has 2 aromatic rings. The highest BCUT2D eigenvalue weighted by Crippen LogP contribution is 2.36. The first-order valence-corrected chi connectivity index (χ1v) is 7.32. The normalized spacial score (nSPS) is 15.0. The number of hydrogen-bond donors (Lipinski definition) is 0. The van der Waals surface area contributed by atoms with Gasteiger partial charge in [-0.15, -0.1) is 0 Å². The van der Waals surface area contributed by atoms with E-state index in [2.05, 4.69) is 52.3 Å². The largest absolute Gasteiger partial charge is 0.486 e. The Balaban J connectivity index is 1.78. The third kappa shape index (κ3) is 2.92. The molecular weight excluding hydrogens is 304 g/mol. The first-order valence-electron chi connectivity index (χ1n) is 6.40. The molecular formula is C16H15BrO2. The molecule has 0 aromatic heterocycles. The first-order chi connectivity index (χ1) is 9.33. The van der Waals surface area contributed by atoms with Crippen molar-refractivity contribution in [2.45, 2.75) is 11.2 Å². The van der Waals surface area contributed by atoms with Gasteiger partial charge in [0.05, 0.1) is 0 Å². The summed E-state index contributed by atoms with van der Waals surface area (Å²) < 4.78 is 11.2. The number of rotatable bonds is 3. The minimum Gasteiger partial charge on any atom is -0.486 e. The summed E-state index contributed by atoms with van der Waals surface area (Å²) in [6.45, 7) is 1.26. The van der Waals surface area contributed by atoms with Gasteiger partial charge in [0.25, 0.3) is 0 Å². The number of ether oxygens (including phenoxy) is 2. The van der Waals surface area contributed by atoms with Crippen molar-refractivity contribution < 1.29 is 9.47 Å². The van der Waals surface area contributed by atoms with Gasteiger partial charge in [0, 0.05) is 4.83 Å². The molecule has 0 N–H and O–H groups in total. The summed E-state index contributed by atoms with van der Waals surface area (Å²) in [6, 6.07) is 16.6. The third-order valence-electron chi connectivity index (χ3n) is 3.19. The summed E-state index contributed by atoms with van der Waals surface area (Å²) in [7, 11) is 0. The van der Waals surface area contributed by atoms with Crippen LogP contribution in [0.1, 0.15) is 16.0 Å². The predicted molar refractivity (Wildman–Crippen MR) is 79.2 cm³/mol. The molecule has 1 heterocycles. The van der Waals surface area contributed by atoms with Crippen LogP contribution in [-0.4, -0.2) is 13.2 Å². The Kier molecular flexibility index (Phi) is 3.74. The topological polar surface area (TPSA) is 18.5 Å². The van der Waals surface area contributed by atoms with Crippen LogP contribution < -0.4 is 9.47 Å². The second kappa shape index (κ2) is 5.66. The van der Waals surface area contributed by atoms with Crippen molar-refractivity contribution >= 4 is 15.9 Å². The summed E-state index contributed by atoms with van der Waals surface area (Å²) in [5.41, 5.74) is 2.53. The quantitative estimate of drug-likeness (QED) is 0.792. The lowest BCUT2D eigenvalue weighted by Crippen LogP contribution is -2.15. The lowest BCUT2D eigenvalue weighted by molar-refractivity contribution is 0.171. The van der Waals surface area contributed by atoms with Gasteiger partial charge in [-0.05, 0) is 29.7 Å². The van der Waals surface area contributed by atoms with Gasteiger partial charge in [-0.2, -0.15) is 0 Å². The van der Waals surface area contributed by atoms with Crippen LogP contribution >= 0.6 is 15.9 Å². The number of fused-ring (bicyclic) bond motifs is 1. The van der Waals surface area contributed by atoms with Crippen LogP contribution in [-0.2, 0) is 6.42 Å². The van der Waals surface area contributed by atoms with Crippen LogP contribution in [0.5, 0.6) is 11.5 Å². The van der Waals surface area contributed by atoms with Gasteiger partial charge < -0.3 is 9.47 Å². The van der Waals surface area contributed by atoms with Gasteiger partial charge >= 0.3 is 0 Å². The van der Waals surface area contributed by atoms with E-state index in [9.17, 15) is 0 Å². The van der Waals surface area contributed by atoms with Crippen LogP contribution in [0.4, 0.5) is 0 Å². The van der Waals surface area contributed by atoms with Crippen LogP contribution in [0.3, 0.4) is 0 Å². The van der Waals surface area contributed by atoms with Crippen molar-refractivity contribution in [3.63, 3.8) is 0 Å². The highest BCUT2D eigenvalue weighted by Gasteiger charge is 2.15. The van der Waals surface area contributed by atoms with Gasteiger partial charge in [0.1, 0.15) is 13.2 Å². The molecule has 1 unspecified atom stereocenters. The number of halogens is 1. The zero-order valence-corrected chi connectivity index (χ0v) is 12.1. The Hall–Kier alpha value is -1.48. The van der Waals surface area contributed by atoms with Crippen LogP contribution in [0.2, 0.25) is 0 Å². The van der Waals surface area contributed by atoms with Crippen molar-refractivity contribution in [2.24, 2.45) is 0 Å². The average molecular weight is 319 g/mol. The van der Waals surface area contributed by atoms with E-state index in [4.69, 9.17) is 9.47 Å². The fourth-order valence-corrected chi connectivity index (χ4v) is 2.85. The third-order valence-corrected chi connectivity index (χ3v) is 4.04. The molecule has 19 heavy (non-hydrogen) atoms. The molecule has 2 aromatic carbocycles. The molecule has 0 amide bonds. The SMILES string of the molecule is BrC(Cc1ccccc1)c1ccc2c(c1)OCCO2. The molecule has 3 rings (SSSR count). The van der Waals surface area contributed by atoms with E-state index in [1.54, 1.807) is 0 Å². The van der Waals surface area contributed by atoms with Crippen LogP contribution in [0.15, 0.2) is 48.5 Å². The maximum Gasteiger partial charge on any atom is 0.161 e. The summed E-state index contributed by atoms with van der Waals surface area (Å²) in [4.78, 5) is 0.283. The average Bonchev–Trinajstić information content (AvgIpc) is 2.48. The number of hydrogen-bond acceptors (Lipinski definition) is 2. The summed E-state index contributed by atoms with van der Waals surface area (Å²) >= 11 is 3.75. The minimum absolute atomic E-state index is 0.283. The fourth-order valence-electron chi connectivity index (χ4n) is 2.19. The molecule has 2 nitrogen and oxygen atoms in total.